The van der Waals surface area contributed by atoms with Gasteiger partial charge in [-0.1, -0.05) is 13.8 Å². The van der Waals surface area contributed by atoms with Crippen molar-refractivity contribution in [3.63, 3.8) is 0 Å². The Hall–Kier alpha value is -2.08. The van der Waals surface area contributed by atoms with Gasteiger partial charge in [0.1, 0.15) is 10.7 Å². The third kappa shape index (κ3) is 4.26. The van der Waals surface area contributed by atoms with Gasteiger partial charge in [0.25, 0.3) is 5.91 Å². The first kappa shape index (κ1) is 18.3. The van der Waals surface area contributed by atoms with E-state index in [4.69, 9.17) is 9.47 Å². The minimum atomic E-state index is -0.0659. The fraction of sp³-hybridized carbons (Fsp3) is 0.444. The lowest BCUT2D eigenvalue weighted by atomic mass is 10.2. The molecule has 0 aliphatic rings. The van der Waals surface area contributed by atoms with E-state index in [0.29, 0.717) is 36.3 Å². The Morgan fingerprint density at radius 3 is 2.71 bits per heavy atom. The van der Waals surface area contributed by atoms with Crippen LogP contribution in [-0.2, 0) is 0 Å². The van der Waals surface area contributed by atoms with Gasteiger partial charge in [0, 0.05) is 24.5 Å². The molecule has 0 radical (unpaired) electrons. The Kier molecular flexibility index (Phi) is 6.20. The number of carbonyl (C=O) groups is 1. The zero-order valence-corrected chi connectivity index (χ0v) is 15.6. The van der Waals surface area contributed by atoms with Crippen molar-refractivity contribution in [1.29, 1.82) is 0 Å². The molecule has 1 amide bonds. The number of amides is 1. The Bertz CT molecular complexity index is 697. The topological polar surface area (TPSA) is 51.7 Å². The number of benzene rings is 1. The van der Waals surface area contributed by atoms with Gasteiger partial charge in [-0.05, 0) is 31.0 Å². The molecule has 0 fully saturated rings. The van der Waals surface area contributed by atoms with Gasteiger partial charge in [0.2, 0.25) is 0 Å². The predicted octanol–water partition coefficient (Wildman–Crippen LogP) is 3.95. The standard InChI is InChI=1S/C18H24N2O3S/c1-6-20(4)18(21)14-11-24-17(19-14)13-7-8-15(16(9-13)22-5)23-10-12(2)3/h7-9,11-12H,6,10H2,1-5H3. The molecule has 1 aromatic heterocycles. The number of methoxy groups -OCH3 is 1. The van der Waals surface area contributed by atoms with Gasteiger partial charge >= 0.3 is 0 Å². The molecule has 5 nitrogen and oxygen atoms in total. The van der Waals surface area contributed by atoms with Crippen LogP contribution < -0.4 is 9.47 Å². The second-order valence-electron chi connectivity index (χ2n) is 5.93. The van der Waals surface area contributed by atoms with E-state index in [1.54, 1.807) is 24.4 Å². The average molecular weight is 348 g/mol. The van der Waals surface area contributed by atoms with Crippen LogP contribution in [0, 0.1) is 5.92 Å². The van der Waals surface area contributed by atoms with Crippen molar-refractivity contribution >= 4 is 17.2 Å². The van der Waals surface area contributed by atoms with Gasteiger partial charge in [-0.3, -0.25) is 4.79 Å². The summed E-state index contributed by atoms with van der Waals surface area (Å²) >= 11 is 1.45. The lowest BCUT2D eigenvalue weighted by Crippen LogP contribution is -2.26. The molecule has 0 aliphatic carbocycles. The largest absolute Gasteiger partial charge is 0.493 e. The summed E-state index contributed by atoms with van der Waals surface area (Å²) in [7, 11) is 3.39. The molecule has 130 valence electrons. The molecular weight excluding hydrogens is 324 g/mol. The zero-order chi connectivity index (χ0) is 17.7. The molecule has 0 atom stereocenters. The summed E-state index contributed by atoms with van der Waals surface area (Å²) in [5.74, 6) is 1.76. The van der Waals surface area contributed by atoms with Crippen LogP contribution >= 0.6 is 11.3 Å². The second kappa shape index (κ2) is 8.15. The molecular formula is C18H24N2O3S. The summed E-state index contributed by atoms with van der Waals surface area (Å²) < 4.78 is 11.2. The molecule has 0 unspecified atom stereocenters. The minimum absolute atomic E-state index is 0.0659. The summed E-state index contributed by atoms with van der Waals surface area (Å²) in [6.45, 7) is 7.42. The van der Waals surface area contributed by atoms with Crippen LogP contribution in [0.3, 0.4) is 0 Å². The third-order valence-corrected chi connectivity index (χ3v) is 4.42. The number of thiazole rings is 1. The number of ether oxygens (including phenoxy) is 2. The van der Waals surface area contributed by atoms with Crippen LogP contribution in [-0.4, -0.2) is 43.1 Å². The number of nitrogens with zero attached hydrogens (tertiary/aromatic N) is 2. The minimum Gasteiger partial charge on any atom is -0.493 e. The second-order valence-corrected chi connectivity index (χ2v) is 6.79. The van der Waals surface area contributed by atoms with Crippen LogP contribution in [0.2, 0.25) is 0 Å². The van der Waals surface area contributed by atoms with Crippen molar-refractivity contribution in [3.8, 4) is 22.1 Å². The number of carbonyl (C=O) groups excluding carboxylic acids is 1. The molecule has 24 heavy (non-hydrogen) atoms. The summed E-state index contributed by atoms with van der Waals surface area (Å²) in [4.78, 5) is 18.3. The van der Waals surface area contributed by atoms with Gasteiger partial charge in [-0.2, -0.15) is 0 Å². The summed E-state index contributed by atoms with van der Waals surface area (Å²) in [5, 5.41) is 2.58. The van der Waals surface area contributed by atoms with Gasteiger partial charge in [-0.15, -0.1) is 11.3 Å². The van der Waals surface area contributed by atoms with E-state index >= 15 is 0 Å². The Balaban J connectivity index is 2.23. The van der Waals surface area contributed by atoms with Gasteiger partial charge in [0.15, 0.2) is 11.5 Å². The molecule has 6 heteroatoms. The van der Waals surface area contributed by atoms with Gasteiger partial charge in [-0.25, -0.2) is 4.98 Å². The number of hydrogen-bond acceptors (Lipinski definition) is 5. The first-order valence-corrected chi connectivity index (χ1v) is 8.86. The highest BCUT2D eigenvalue weighted by Gasteiger charge is 2.16. The zero-order valence-electron chi connectivity index (χ0n) is 14.8. The summed E-state index contributed by atoms with van der Waals surface area (Å²) in [6, 6.07) is 5.72. The third-order valence-electron chi connectivity index (χ3n) is 3.53. The van der Waals surface area contributed by atoms with Crippen LogP contribution in [0.4, 0.5) is 0 Å². The smallest absolute Gasteiger partial charge is 0.273 e. The quantitative estimate of drug-likeness (QED) is 0.760. The van der Waals surface area contributed by atoms with E-state index in [2.05, 4.69) is 18.8 Å². The molecule has 0 saturated carbocycles. The maximum absolute atomic E-state index is 12.2. The molecule has 0 N–H and O–H groups in total. The van der Waals surface area contributed by atoms with Crippen LogP contribution in [0.1, 0.15) is 31.3 Å². The Morgan fingerprint density at radius 2 is 2.08 bits per heavy atom. The lowest BCUT2D eigenvalue weighted by Gasteiger charge is -2.13. The van der Waals surface area contributed by atoms with E-state index < -0.39 is 0 Å². The van der Waals surface area contributed by atoms with Crippen molar-refractivity contribution in [2.24, 2.45) is 5.92 Å². The van der Waals surface area contributed by atoms with Crippen molar-refractivity contribution < 1.29 is 14.3 Å². The first-order chi connectivity index (χ1) is 11.5. The molecule has 1 heterocycles. The number of aromatic nitrogens is 1. The van der Waals surface area contributed by atoms with Crippen molar-refractivity contribution in [1.82, 2.24) is 9.88 Å². The van der Waals surface area contributed by atoms with E-state index in [0.717, 1.165) is 10.6 Å². The maximum atomic E-state index is 12.2. The van der Waals surface area contributed by atoms with E-state index in [1.807, 2.05) is 25.1 Å². The average Bonchev–Trinajstić information content (AvgIpc) is 3.08. The highest BCUT2D eigenvalue weighted by Crippen LogP contribution is 2.34. The SMILES string of the molecule is CCN(C)C(=O)c1csc(-c2ccc(OCC(C)C)c(OC)c2)n1. The first-order valence-electron chi connectivity index (χ1n) is 7.98. The lowest BCUT2D eigenvalue weighted by molar-refractivity contribution is 0.0797. The molecule has 2 rings (SSSR count). The highest BCUT2D eigenvalue weighted by atomic mass is 32.1. The highest BCUT2D eigenvalue weighted by molar-refractivity contribution is 7.13. The summed E-state index contributed by atoms with van der Waals surface area (Å²) in [6.07, 6.45) is 0. The molecule has 0 spiro atoms. The van der Waals surface area contributed by atoms with Gasteiger partial charge < -0.3 is 14.4 Å². The fourth-order valence-corrected chi connectivity index (χ4v) is 2.81. The van der Waals surface area contributed by atoms with Crippen molar-refractivity contribution in [3.05, 3.63) is 29.3 Å². The van der Waals surface area contributed by atoms with E-state index in [9.17, 15) is 4.79 Å². The number of rotatable bonds is 7. The Labute approximate surface area is 147 Å². The normalized spacial score (nSPS) is 10.8. The number of hydrogen-bond donors (Lipinski definition) is 0. The molecule has 0 bridgehead atoms. The van der Waals surface area contributed by atoms with Crippen LogP contribution in [0.5, 0.6) is 11.5 Å². The summed E-state index contributed by atoms with van der Waals surface area (Å²) in [5.41, 5.74) is 1.38. The van der Waals surface area contributed by atoms with E-state index in [1.165, 1.54) is 11.3 Å². The van der Waals surface area contributed by atoms with Gasteiger partial charge in [0.05, 0.1) is 13.7 Å². The molecule has 1 aromatic carbocycles. The molecule has 0 aliphatic heterocycles. The van der Waals surface area contributed by atoms with Crippen molar-refractivity contribution in [2.45, 2.75) is 20.8 Å². The maximum Gasteiger partial charge on any atom is 0.273 e. The Morgan fingerprint density at radius 1 is 1.33 bits per heavy atom. The molecule has 0 saturated heterocycles. The molecule has 2 aromatic rings. The van der Waals surface area contributed by atoms with Crippen molar-refractivity contribution in [2.75, 3.05) is 27.3 Å². The monoisotopic (exact) mass is 348 g/mol. The van der Waals surface area contributed by atoms with Crippen LogP contribution in [0.25, 0.3) is 10.6 Å². The predicted molar refractivity (Wildman–Crippen MR) is 97.1 cm³/mol. The van der Waals surface area contributed by atoms with Crippen LogP contribution in [0.15, 0.2) is 23.6 Å². The van der Waals surface area contributed by atoms with E-state index in [-0.39, 0.29) is 5.91 Å². The fourth-order valence-electron chi connectivity index (χ4n) is 2.02.